The molecule has 0 aliphatic carbocycles. The molecule has 0 saturated carbocycles. The molecule has 1 aliphatic rings. The van der Waals surface area contributed by atoms with E-state index in [1.54, 1.807) is 6.07 Å². The van der Waals surface area contributed by atoms with Crippen LogP contribution in [-0.4, -0.2) is 29.8 Å². The third kappa shape index (κ3) is 2.38. The van der Waals surface area contributed by atoms with Crippen LogP contribution >= 0.6 is 0 Å². The smallest absolute Gasteiger partial charge is 0.282 e. The lowest BCUT2D eigenvalue weighted by molar-refractivity contribution is -0.436. The third-order valence-corrected chi connectivity index (χ3v) is 5.83. The fourth-order valence-electron chi connectivity index (χ4n) is 4.31. The average Bonchev–Trinajstić information content (AvgIpc) is 2.73. The van der Waals surface area contributed by atoms with Gasteiger partial charge in [0.15, 0.2) is 5.71 Å². The molecule has 1 N–H and O–H groups in total. The molecule has 0 aromatic heterocycles. The van der Waals surface area contributed by atoms with E-state index in [2.05, 4.69) is 45.3 Å². The van der Waals surface area contributed by atoms with Gasteiger partial charge in [0.1, 0.15) is 6.54 Å². The Labute approximate surface area is 143 Å². The lowest BCUT2D eigenvalue weighted by atomic mass is 9.76. The second-order valence-corrected chi connectivity index (χ2v) is 8.65. The summed E-state index contributed by atoms with van der Waals surface area (Å²) in [6.07, 6.45) is 0. The first-order chi connectivity index (χ1) is 11.1. The third-order valence-electron chi connectivity index (χ3n) is 4.98. The quantitative estimate of drug-likeness (QED) is 0.671. The zero-order valence-corrected chi connectivity index (χ0v) is 15.6. The SMILES string of the molecule is CC[N+]1=C(C(C)C)C(C)(C)c2c1ccc1cc(S(=O)(=O)O)ccc21. The standard InChI is InChI=1S/C19H23NO3S/c1-6-20-16-10-7-13-11-14(24(21,22)23)8-9-15(13)17(16)19(4,5)18(20)12(2)3/h7-12H,6H2,1-5H3/p+1. The van der Waals surface area contributed by atoms with E-state index in [9.17, 15) is 13.0 Å². The lowest BCUT2D eigenvalue weighted by Crippen LogP contribution is -2.33. The van der Waals surface area contributed by atoms with Gasteiger partial charge in [-0.25, -0.2) is 0 Å². The van der Waals surface area contributed by atoms with Crippen molar-refractivity contribution in [3.63, 3.8) is 0 Å². The monoisotopic (exact) mass is 346 g/mol. The van der Waals surface area contributed by atoms with Crippen LogP contribution < -0.4 is 0 Å². The number of fused-ring (bicyclic) bond motifs is 3. The Kier molecular flexibility index (Phi) is 3.85. The van der Waals surface area contributed by atoms with Crippen LogP contribution in [0.1, 0.15) is 40.2 Å². The topological polar surface area (TPSA) is 57.4 Å². The minimum absolute atomic E-state index is 0.0637. The molecule has 2 aromatic rings. The summed E-state index contributed by atoms with van der Waals surface area (Å²) >= 11 is 0. The Morgan fingerprint density at radius 3 is 2.38 bits per heavy atom. The maximum atomic E-state index is 11.4. The minimum atomic E-state index is -4.19. The Bertz CT molecular complexity index is 970. The summed E-state index contributed by atoms with van der Waals surface area (Å²) in [5, 5.41) is 1.87. The molecule has 1 aliphatic heterocycles. The molecule has 2 aromatic carbocycles. The summed E-state index contributed by atoms with van der Waals surface area (Å²) in [5.74, 6) is 0.416. The zero-order chi connectivity index (χ0) is 17.9. The molecule has 0 bridgehead atoms. The molecule has 3 rings (SSSR count). The maximum absolute atomic E-state index is 11.4. The fourth-order valence-corrected chi connectivity index (χ4v) is 4.82. The summed E-state index contributed by atoms with van der Waals surface area (Å²) in [6, 6.07) is 8.84. The molecular weight excluding hydrogens is 322 g/mol. The normalized spacial score (nSPS) is 17.0. The number of hydrogen-bond acceptors (Lipinski definition) is 2. The second-order valence-electron chi connectivity index (χ2n) is 7.23. The molecule has 0 saturated heterocycles. The van der Waals surface area contributed by atoms with E-state index in [1.807, 2.05) is 12.1 Å². The molecule has 0 spiro atoms. The Hall–Kier alpha value is -1.72. The summed E-state index contributed by atoms with van der Waals surface area (Å²) in [4.78, 5) is -0.0637. The van der Waals surface area contributed by atoms with E-state index in [4.69, 9.17) is 0 Å². The molecular formula is C19H24NO3S+. The van der Waals surface area contributed by atoms with Gasteiger partial charge in [-0.3, -0.25) is 4.55 Å². The van der Waals surface area contributed by atoms with Crippen LogP contribution in [-0.2, 0) is 15.5 Å². The van der Waals surface area contributed by atoms with Gasteiger partial charge in [0.05, 0.1) is 10.3 Å². The largest absolute Gasteiger partial charge is 0.294 e. The van der Waals surface area contributed by atoms with E-state index in [1.165, 1.54) is 23.0 Å². The highest BCUT2D eigenvalue weighted by molar-refractivity contribution is 7.85. The predicted molar refractivity (Wildman–Crippen MR) is 97.1 cm³/mol. The zero-order valence-electron chi connectivity index (χ0n) is 14.8. The van der Waals surface area contributed by atoms with Crippen molar-refractivity contribution in [2.75, 3.05) is 6.54 Å². The van der Waals surface area contributed by atoms with E-state index >= 15 is 0 Å². The molecule has 0 fully saturated rings. The van der Waals surface area contributed by atoms with Crippen molar-refractivity contribution in [3.8, 4) is 0 Å². The molecule has 0 radical (unpaired) electrons. The first-order valence-electron chi connectivity index (χ1n) is 8.28. The van der Waals surface area contributed by atoms with Gasteiger partial charge in [-0.05, 0) is 49.7 Å². The predicted octanol–water partition coefficient (Wildman–Crippen LogP) is 4.14. The van der Waals surface area contributed by atoms with Gasteiger partial charge in [-0.2, -0.15) is 13.0 Å². The van der Waals surface area contributed by atoms with Gasteiger partial charge in [0.25, 0.3) is 10.1 Å². The minimum Gasteiger partial charge on any atom is -0.282 e. The van der Waals surface area contributed by atoms with Crippen LogP contribution in [0.3, 0.4) is 0 Å². The van der Waals surface area contributed by atoms with Crippen molar-refractivity contribution >= 4 is 32.3 Å². The van der Waals surface area contributed by atoms with Crippen molar-refractivity contribution in [1.29, 1.82) is 0 Å². The van der Waals surface area contributed by atoms with Gasteiger partial charge in [-0.1, -0.05) is 19.9 Å². The van der Waals surface area contributed by atoms with Crippen LogP contribution in [0.25, 0.3) is 10.8 Å². The average molecular weight is 346 g/mol. The van der Waals surface area contributed by atoms with Crippen molar-refractivity contribution in [3.05, 3.63) is 35.9 Å². The summed E-state index contributed by atoms with van der Waals surface area (Å²) in [6.45, 7) is 11.9. The van der Waals surface area contributed by atoms with Gasteiger partial charge >= 0.3 is 0 Å². The highest BCUT2D eigenvalue weighted by Crippen LogP contribution is 2.45. The molecule has 1 heterocycles. The van der Waals surface area contributed by atoms with Crippen LogP contribution in [0.2, 0.25) is 0 Å². The maximum Gasteiger partial charge on any atom is 0.294 e. The van der Waals surface area contributed by atoms with Crippen molar-refractivity contribution < 1.29 is 17.5 Å². The molecule has 128 valence electrons. The summed E-state index contributed by atoms with van der Waals surface area (Å²) in [5.41, 5.74) is 3.68. The van der Waals surface area contributed by atoms with Gasteiger partial charge in [0.2, 0.25) is 5.69 Å². The molecule has 0 unspecified atom stereocenters. The van der Waals surface area contributed by atoms with Crippen LogP contribution in [0.15, 0.2) is 35.2 Å². The number of nitrogens with zero attached hydrogens (tertiary/aromatic N) is 1. The number of rotatable bonds is 3. The van der Waals surface area contributed by atoms with E-state index in [-0.39, 0.29) is 10.3 Å². The Morgan fingerprint density at radius 1 is 1.17 bits per heavy atom. The van der Waals surface area contributed by atoms with Gasteiger partial charge < -0.3 is 0 Å². The van der Waals surface area contributed by atoms with Crippen LogP contribution in [0.4, 0.5) is 5.69 Å². The molecule has 0 amide bonds. The summed E-state index contributed by atoms with van der Waals surface area (Å²) in [7, 11) is -4.19. The Morgan fingerprint density at radius 2 is 1.83 bits per heavy atom. The van der Waals surface area contributed by atoms with E-state index in [0.717, 1.165) is 17.3 Å². The van der Waals surface area contributed by atoms with Gasteiger partial charge in [-0.15, -0.1) is 0 Å². The van der Waals surface area contributed by atoms with Crippen LogP contribution in [0.5, 0.6) is 0 Å². The molecule has 5 heteroatoms. The van der Waals surface area contributed by atoms with Crippen molar-refractivity contribution in [2.45, 2.75) is 44.9 Å². The Balaban J connectivity index is 2.35. The highest BCUT2D eigenvalue weighted by atomic mass is 32.2. The van der Waals surface area contributed by atoms with Crippen molar-refractivity contribution in [1.82, 2.24) is 0 Å². The first kappa shape index (κ1) is 17.1. The highest BCUT2D eigenvalue weighted by Gasteiger charge is 2.47. The molecule has 0 atom stereocenters. The molecule has 4 nitrogen and oxygen atoms in total. The first-order valence-corrected chi connectivity index (χ1v) is 9.72. The number of benzene rings is 2. The molecule has 24 heavy (non-hydrogen) atoms. The van der Waals surface area contributed by atoms with Crippen molar-refractivity contribution in [2.24, 2.45) is 5.92 Å². The van der Waals surface area contributed by atoms with Gasteiger partial charge in [0, 0.05) is 17.5 Å². The van der Waals surface area contributed by atoms with E-state index in [0.29, 0.717) is 5.92 Å². The van der Waals surface area contributed by atoms with E-state index < -0.39 is 10.1 Å². The van der Waals surface area contributed by atoms with Crippen LogP contribution in [0, 0.1) is 5.92 Å². The number of hydrogen-bond donors (Lipinski definition) is 1. The summed E-state index contributed by atoms with van der Waals surface area (Å²) < 4.78 is 34.5. The second kappa shape index (κ2) is 5.39. The fraction of sp³-hybridized carbons (Fsp3) is 0.421. The lowest BCUT2D eigenvalue weighted by Gasteiger charge is -2.21.